The summed E-state index contributed by atoms with van der Waals surface area (Å²) in [5, 5.41) is 11.9. The van der Waals surface area contributed by atoms with Gasteiger partial charge in [0.2, 0.25) is 17.7 Å². The van der Waals surface area contributed by atoms with Gasteiger partial charge < -0.3 is 19.8 Å². The minimum Gasteiger partial charge on any atom is -0.444 e. The Balaban J connectivity index is 0.647. The number of piperazine rings is 1. The van der Waals surface area contributed by atoms with Crippen LogP contribution >= 0.6 is 0 Å². The molecule has 6 aromatic rings. The van der Waals surface area contributed by atoms with E-state index < -0.39 is 30.0 Å². The smallest absolute Gasteiger partial charge is 0.329 e. The number of benzene rings is 2. The molecule has 18 nitrogen and oxygen atoms in total. The fourth-order valence-corrected chi connectivity index (χ4v) is 9.35. The number of alkyl halides is 2. The van der Waals surface area contributed by atoms with Gasteiger partial charge in [-0.3, -0.25) is 48.4 Å². The highest BCUT2D eigenvalue weighted by molar-refractivity contribution is 6.03. The number of aromatic nitrogens is 6. The zero-order chi connectivity index (χ0) is 47.8. The Morgan fingerprint density at radius 1 is 0.942 bits per heavy atom. The fraction of sp³-hybridized carbons (Fsp3) is 0.429. The van der Waals surface area contributed by atoms with Gasteiger partial charge in [0.15, 0.2) is 11.4 Å². The maximum atomic E-state index is 14.1. The first-order valence-electron chi connectivity index (χ1n) is 23.5. The molecule has 4 aliphatic rings. The molecule has 360 valence electrons. The maximum Gasteiger partial charge on any atom is 0.329 e. The number of halogens is 2. The van der Waals surface area contributed by atoms with Crippen LogP contribution in [0.2, 0.25) is 0 Å². The van der Waals surface area contributed by atoms with E-state index in [0.717, 1.165) is 74.8 Å². The number of nitrogens with zero attached hydrogens (tertiary/aromatic N) is 8. The van der Waals surface area contributed by atoms with Crippen LogP contribution in [0.3, 0.4) is 0 Å². The van der Waals surface area contributed by atoms with Crippen LogP contribution in [0.1, 0.15) is 95.2 Å². The lowest BCUT2D eigenvalue weighted by molar-refractivity contribution is -0.135. The number of imide groups is 1. The maximum absolute atomic E-state index is 14.1. The Morgan fingerprint density at radius 2 is 1.72 bits per heavy atom. The number of anilines is 1. The number of carbonyl (C=O) groups excluding carboxylic acids is 4. The molecule has 3 N–H and O–H groups in total. The highest BCUT2D eigenvalue weighted by atomic mass is 19.3. The molecule has 1 unspecified atom stereocenters. The number of hydrogen-bond acceptors (Lipinski definition) is 12. The summed E-state index contributed by atoms with van der Waals surface area (Å²) < 4.78 is 44.3. The lowest BCUT2D eigenvalue weighted by Crippen LogP contribution is -2.49. The second-order valence-electron chi connectivity index (χ2n) is 18.5. The van der Waals surface area contributed by atoms with Crippen molar-refractivity contribution in [3.05, 3.63) is 112 Å². The van der Waals surface area contributed by atoms with E-state index in [2.05, 4.69) is 40.8 Å². The number of hydrogen-bond donors (Lipinski definition) is 3. The third-order valence-corrected chi connectivity index (χ3v) is 13.6. The Hall–Kier alpha value is -6.90. The largest absolute Gasteiger partial charge is 0.444 e. The zero-order valence-corrected chi connectivity index (χ0v) is 38.1. The average molecular weight is 946 g/mol. The number of fused-ring (bicyclic) bond motifs is 1. The lowest BCUT2D eigenvalue weighted by atomic mass is 9.89. The van der Waals surface area contributed by atoms with E-state index in [4.69, 9.17) is 9.15 Å². The third kappa shape index (κ3) is 10.3. The number of aryl methyl sites for hydroxylation is 2. The number of piperidine rings is 1. The standard InChI is InChI=1S/C49H53F2N11O7/c1-58-41-22-30(5-11-39(41)62(49(58)67)40-12-13-42(63)56-47(40)66)26-60-18-16-59(17-19-60)20-21-68-36-24-34(25-36)53-45(64)31-6-9-35(10-7-31)61-27-37(43(57-61)44(50)51)54-46(65)38-28-69-48(55-38)32-14-15-52-33(23-32)8-4-29-2-3-29/h5-7,9-11,14-15,22-23,27-29,34,36,40,44H,2-4,8,12-13,16-21,24-26H2,1H3,(H,53,64)(H,54,65)(H,56,63,66). The van der Waals surface area contributed by atoms with E-state index >= 15 is 0 Å². The molecule has 4 fully saturated rings. The van der Waals surface area contributed by atoms with Crippen molar-refractivity contribution in [1.82, 2.24) is 49.3 Å². The molecule has 0 bridgehead atoms. The van der Waals surface area contributed by atoms with E-state index in [1.807, 2.05) is 24.3 Å². The summed E-state index contributed by atoms with van der Waals surface area (Å²) in [5.41, 5.74) is 3.73. The predicted octanol–water partition coefficient (Wildman–Crippen LogP) is 5.18. The number of pyridine rings is 1. The molecule has 2 saturated heterocycles. The quantitative estimate of drug-likeness (QED) is 0.101. The normalized spacial score (nSPS) is 20.0. The molecule has 69 heavy (non-hydrogen) atoms. The summed E-state index contributed by atoms with van der Waals surface area (Å²) >= 11 is 0. The monoisotopic (exact) mass is 945 g/mol. The van der Waals surface area contributed by atoms with Crippen LogP contribution in [0.5, 0.6) is 0 Å². The summed E-state index contributed by atoms with van der Waals surface area (Å²) in [6.45, 7) is 5.66. The summed E-state index contributed by atoms with van der Waals surface area (Å²) in [5.74, 6) is -0.775. The van der Waals surface area contributed by atoms with E-state index in [1.54, 1.807) is 48.1 Å². The molecular weight excluding hydrogens is 893 g/mol. The first kappa shape index (κ1) is 45.9. The molecular formula is C49H53F2N11O7. The summed E-state index contributed by atoms with van der Waals surface area (Å²) in [4.78, 5) is 77.1. The first-order valence-corrected chi connectivity index (χ1v) is 23.5. The van der Waals surface area contributed by atoms with Crippen molar-refractivity contribution in [2.45, 2.75) is 82.5 Å². The number of carbonyl (C=O) groups is 4. The van der Waals surface area contributed by atoms with E-state index in [-0.39, 0.29) is 53.3 Å². The van der Waals surface area contributed by atoms with Crippen LogP contribution in [-0.2, 0) is 34.3 Å². The zero-order valence-electron chi connectivity index (χ0n) is 38.1. The van der Waals surface area contributed by atoms with Crippen molar-refractivity contribution in [3.8, 4) is 17.1 Å². The van der Waals surface area contributed by atoms with Gasteiger partial charge in [0.25, 0.3) is 18.2 Å². The summed E-state index contributed by atoms with van der Waals surface area (Å²) in [6, 6.07) is 15.2. The number of nitrogens with one attached hydrogen (secondary N) is 3. The summed E-state index contributed by atoms with van der Waals surface area (Å²) in [6.07, 6.45) is 7.53. The minimum atomic E-state index is -2.98. The molecule has 20 heteroatoms. The SMILES string of the molecule is Cn1c(=O)n(C2CCC(=O)NC2=O)c2ccc(CN3CCN(CCOC4CC(NC(=O)c5ccc(-n6cc(NC(=O)c7coc(-c8ccnc(CCC9CC9)c8)n7)c(C(F)F)n6)cc5)C4)CC3)cc21. The Kier molecular flexibility index (Phi) is 13.0. The van der Waals surface area contributed by atoms with Crippen molar-refractivity contribution in [2.24, 2.45) is 13.0 Å². The van der Waals surface area contributed by atoms with Crippen molar-refractivity contribution in [1.29, 1.82) is 0 Å². The Labute approximate surface area is 395 Å². The first-order chi connectivity index (χ1) is 33.4. The van der Waals surface area contributed by atoms with Gasteiger partial charge >= 0.3 is 5.69 Å². The second kappa shape index (κ2) is 19.6. The average Bonchev–Trinajstić information content (AvgIpc) is 3.75. The molecule has 6 heterocycles. The van der Waals surface area contributed by atoms with Gasteiger partial charge in [0, 0.05) is 81.8 Å². The minimum absolute atomic E-state index is 0.0332. The van der Waals surface area contributed by atoms with Crippen LogP contribution in [-0.4, -0.2) is 114 Å². The van der Waals surface area contributed by atoms with Gasteiger partial charge in [-0.15, -0.1) is 0 Å². The Morgan fingerprint density at radius 3 is 2.48 bits per heavy atom. The Bertz CT molecular complexity index is 2940. The van der Waals surface area contributed by atoms with Crippen molar-refractivity contribution >= 4 is 40.3 Å². The molecule has 0 spiro atoms. The number of oxazole rings is 1. The van der Waals surface area contributed by atoms with E-state index in [0.29, 0.717) is 48.2 Å². The van der Waals surface area contributed by atoms with Crippen molar-refractivity contribution < 1.29 is 37.1 Å². The van der Waals surface area contributed by atoms with Gasteiger partial charge in [-0.25, -0.2) is 23.2 Å². The van der Waals surface area contributed by atoms with Gasteiger partial charge in [-0.2, -0.15) is 5.10 Å². The molecule has 0 radical (unpaired) electrons. The molecule has 2 aliphatic heterocycles. The fourth-order valence-electron chi connectivity index (χ4n) is 9.35. The van der Waals surface area contributed by atoms with Crippen LogP contribution in [0, 0.1) is 5.92 Å². The van der Waals surface area contributed by atoms with Crippen LogP contribution in [0.25, 0.3) is 28.2 Å². The molecule has 2 aliphatic carbocycles. The molecule has 2 saturated carbocycles. The van der Waals surface area contributed by atoms with Gasteiger partial charge in [0.05, 0.1) is 41.3 Å². The molecule has 4 aromatic heterocycles. The van der Waals surface area contributed by atoms with Gasteiger partial charge in [-0.1, -0.05) is 18.9 Å². The topological polar surface area (TPSA) is 204 Å². The highest BCUT2D eigenvalue weighted by Crippen LogP contribution is 2.34. The molecule has 10 rings (SSSR count). The van der Waals surface area contributed by atoms with Crippen LogP contribution in [0.15, 0.2) is 82.5 Å². The molecule has 4 amide bonds. The van der Waals surface area contributed by atoms with Gasteiger partial charge in [-0.05, 0) is 92.1 Å². The summed E-state index contributed by atoms with van der Waals surface area (Å²) in [7, 11) is 1.70. The number of amides is 4. The second-order valence-corrected chi connectivity index (χ2v) is 18.5. The predicted molar refractivity (Wildman–Crippen MR) is 248 cm³/mol. The molecule has 2 aromatic carbocycles. The van der Waals surface area contributed by atoms with Crippen LogP contribution < -0.4 is 21.6 Å². The van der Waals surface area contributed by atoms with Crippen LogP contribution in [0.4, 0.5) is 14.5 Å². The lowest BCUT2D eigenvalue weighted by Gasteiger charge is -2.37. The number of rotatable bonds is 17. The number of ether oxygens (including phenoxy) is 1. The molecule has 1 atom stereocenters. The van der Waals surface area contributed by atoms with Crippen molar-refractivity contribution in [3.63, 3.8) is 0 Å². The third-order valence-electron chi connectivity index (χ3n) is 13.6. The van der Waals surface area contributed by atoms with E-state index in [9.17, 15) is 32.8 Å². The van der Waals surface area contributed by atoms with E-state index in [1.165, 1.54) is 34.6 Å². The van der Waals surface area contributed by atoms with Gasteiger partial charge in [0.1, 0.15) is 12.3 Å². The number of imidazole rings is 1. The van der Waals surface area contributed by atoms with Crippen molar-refractivity contribution in [2.75, 3.05) is 44.6 Å². The highest BCUT2D eigenvalue weighted by Gasteiger charge is 2.33.